The molecule has 1 atom stereocenters. The number of aliphatic hydroxyl groups is 1. The summed E-state index contributed by atoms with van der Waals surface area (Å²) < 4.78 is 15.2. The second-order valence-corrected chi connectivity index (χ2v) is 4.39. The van der Waals surface area contributed by atoms with E-state index in [2.05, 4.69) is 0 Å². The molecule has 0 aliphatic rings. The van der Waals surface area contributed by atoms with E-state index >= 15 is 0 Å². The molecule has 2 N–H and O–H groups in total. The number of methoxy groups -OCH3 is 1. The first-order chi connectivity index (χ1) is 9.54. The van der Waals surface area contributed by atoms with E-state index in [1.165, 1.54) is 18.2 Å². The fourth-order valence-electron chi connectivity index (χ4n) is 1.36. The number of carbonyl (C=O) groups is 1. The quantitative estimate of drug-likeness (QED) is 0.672. The molecule has 112 valence electrons. The van der Waals surface area contributed by atoms with Gasteiger partial charge >= 0.3 is 5.97 Å². The van der Waals surface area contributed by atoms with Gasteiger partial charge in [0.05, 0.1) is 30.4 Å². The maximum Gasteiger partial charge on any atom is 0.337 e. The van der Waals surface area contributed by atoms with Crippen molar-refractivity contribution in [3.8, 4) is 5.75 Å². The number of carboxylic acids is 1. The first-order valence-electron chi connectivity index (χ1n) is 5.95. The van der Waals surface area contributed by atoms with Crippen molar-refractivity contribution in [3.05, 3.63) is 28.8 Å². The topological polar surface area (TPSA) is 85.2 Å². The summed E-state index contributed by atoms with van der Waals surface area (Å²) in [7, 11) is 1.56. The highest BCUT2D eigenvalue weighted by Crippen LogP contribution is 2.22. The fraction of sp³-hybridized carbons (Fsp3) is 0.462. The largest absolute Gasteiger partial charge is 0.491 e. The minimum atomic E-state index is -1.14. The molecule has 0 aliphatic heterocycles. The fourth-order valence-corrected chi connectivity index (χ4v) is 1.56. The zero-order valence-corrected chi connectivity index (χ0v) is 11.8. The van der Waals surface area contributed by atoms with Crippen LogP contribution >= 0.6 is 11.6 Å². The summed E-state index contributed by atoms with van der Waals surface area (Å²) in [6.45, 7) is 0.945. The summed E-state index contributed by atoms with van der Waals surface area (Å²) in [4.78, 5) is 10.9. The van der Waals surface area contributed by atoms with Gasteiger partial charge in [-0.05, 0) is 18.2 Å². The molecule has 0 aromatic heterocycles. The molecule has 0 amide bonds. The van der Waals surface area contributed by atoms with Crippen LogP contribution in [0.2, 0.25) is 5.02 Å². The van der Waals surface area contributed by atoms with Crippen LogP contribution in [-0.2, 0) is 9.47 Å². The highest BCUT2D eigenvalue weighted by Gasteiger charge is 2.11. The Kier molecular flexibility index (Phi) is 7.32. The average Bonchev–Trinajstić information content (AvgIpc) is 2.42. The maximum atomic E-state index is 10.9. The number of aromatic carboxylic acids is 1. The lowest BCUT2D eigenvalue weighted by atomic mass is 10.2. The molecule has 0 heterocycles. The van der Waals surface area contributed by atoms with Gasteiger partial charge in [-0.15, -0.1) is 0 Å². The molecule has 1 unspecified atom stereocenters. The molecule has 0 aliphatic carbocycles. The smallest absolute Gasteiger partial charge is 0.337 e. The van der Waals surface area contributed by atoms with Gasteiger partial charge in [-0.25, -0.2) is 4.79 Å². The lowest BCUT2D eigenvalue weighted by molar-refractivity contribution is -0.00420. The number of benzene rings is 1. The van der Waals surface area contributed by atoms with Gasteiger partial charge in [-0.1, -0.05) is 11.6 Å². The van der Waals surface area contributed by atoms with Gasteiger partial charge in [0.2, 0.25) is 0 Å². The molecule has 6 nitrogen and oxygen atoms in total. The van der Waals surface area contributed by atoms with E-state index in [9.17, 15) is 9.90 Å². The van der Waals surface area contributed by atoms with Gasteiger partial charge in [0.25, 0.3) is 0 Å². The molecular formula is C13H17ClO6. The standard InChI is InChI=1S/C13H17ClO6/c1-18-4-5-19-7-9(15)8-20-10-2-3-12(14)11(6-10)13(16)17/h2-3,6,9,15H,4-5,7-8H2,1H3,(H,16,17). The van der Waals surface area contributed by atoms with Crippen molar-refractivity contribution in [2.45, 2.75) is 6.10 Å². The van der Waals surface area contributed by atoms with E-state index in [-0.39, 0.29) is 23.8 Å². The number of aliphatic hydroxyl groups excluding tert-OH is 1. The second-order valence-electron chi connectivity index (χ2n) is 3.98. The van der Waals surface area contributed by atoms with E-state index in [1.807, 2.05) is 0 Å². The van der Waals surface area contributed by atoms with Crippen molar-refractivity contribution in [2.24, 2.45) is 0 Å². The van der Waals surface area contributed by atoms with Crippen molar-refractivity contribution in [3.63, 3.8) is 0 Å². The molecule has 20 heavy (non-hydrogen) atoms. The van der Waals surface area contributed by atoms with Gasteiger partial charge in [0, 0.05) is 7.11 Å². The SMILES string of the molecule is COCCOCC(O)COc1ccc(Cl)c(C(=O)O)c1. The van der Waals surface area contributed by atoms with Crippen LogP contribution in [0.3, 0.4) is 0 Å². The third-order valence-corrected chi connectivity index (χ3v) is 2.68. The van der Waals surface area contributed by atoms with E-state index < -0.39 is 12.1 Å². The minimum Gasteiger partial charge on any atom is -0.491 e. The Labute approximate surface area is 121 Å². The summed E-state index contributed by atoms with van der Waals surface area (Å²) in [5.74, 6) is -0.813. The molecule has 0 spiro atoms. The predicted octanol–water partition coefficient (Wildman–Crippen LogP) is 1.44. The molecule has 7 heteroatoms. The number of ether oxygens (including phenoxy) is 3. The summed E-state index contributed by atoms with van der Waals surface area (Å²) in [6, 6.07) is 4.28. The van der Waals surface area contributed by atoms with Crippen LogP contribution in [0.5, 0.6) is 5.75 Å². The molecule has 0 fully saturated rings. The molecule has 0 radical (unpaired) electrons. The van der Waals surface area contributed by atoms with Crippen LogP contribution in [0.4, 0.5) is 0 Å². The van der Waals surface area contributed by atoms with E-state index in [4.69, 9.17) is 30.9 Å². The van der Waals surface area contributed by atoms with Crippen molar-refractivity contribution in [1.29, 1.82) is 0 Å². The second kappa shape index (κ2) is 8.76. The van der Waals surface area contributed by atoms with Crippen LogP contribution < -0.4 is 4.74 Å². The van der Waals surface area contributed by atoms with Crippen molar-refractivity contribution < 1.29 is 29.2 Å². The average molecular weight is 305 g/mol. The molecule has 1 aromatic rings. The Morgan fingerprint density at radius 1 is 1.35 bits per heavy atom. The summed E-state index contributed by atoms with van der Waals surface area (Å²) in [6.07, 6.45) is -0.809. The molecule has 0 bridgehead atoms. The van der Waals surface area contributed by atoms with Crippen LogP contribution in [0, 0.1) is 0 Å². The molecule has 0 saturated heterocycles. The number of hydrogen-bond donors (Lipinski definition) is 2. The molecule has 0 saturated carbocycles. The third kappa shape index (κ3) is 5.75. The summed E-state index contributed by atoms with van der Waals surface area (Å²) in [5, 5.41) is 18.7. The van der Waals surface area contributed by atoms with Gasteiger partial charge in [0.1, 0.15) is 18.5 Å². The van der Waals surface area contributed by atoms with Crippen LogP contribution in [0.25, 0.3) is 0 Å². The molecule has 1 rings (SSSR count). The Hall–Kier alpha value is -1.34. The minimum absolute atomic E-state index is 0.00628. The normalized spacial score (nSPS) is 12.2. The first kappa shape index (κ1) is 16.7. The van der Waals surface area contributed by atoms with Gasteiger partial charge < -0.3 is 24.4 Å². The Balaban J connectivity index is 2.41. The predicted molar refractivity (Wildman–Crippen MR) is 72.6 cm³/mol. The van der Waals surface area contributed by atoms with Crippen molar-refractivity contribution in [1.82, 2.24) is 0 Å². The van der Waals surface area contributed by atoms with E-state index in [0.717, 1.165) is 0 Å². The monoisotopic (exact) mass is 304 g/mol. The number of hydrogen-bond acceptors (Lipinski definition) is 5. The molecule has 1 aromatic carbocycles. The zero-order chi connectivity index (χ0) is 15.0. The lowest BCUT2D eigenvalue weighted by Gasteiger charge is -2.13. The number of rotatable bonds is 9. The van der Waals surface area contributed by atoms with Crippen molar-refractivity contribution in [2.75, 3.05) is 33.5 Å². The first-order valence-corrected chi connectivity index (χ1v) is 6.32. The van der Waals surface area contributed by atoms with Crippen LogP contribution in [-0.4, -0.2) is 55.8 Å². The van der Waals surface area contributed by atoms with Crippen LogP contribution in [0.15, 0.2) is 18.2 Å². The van der Waals surface area contributed by atoms with Crippen LogP contribution in [0.1, 0.15) is 10.4 Å². The van der Waals surface area contributed by atoms with E-state index in [1.54, 1.807) is 7.11 Å². The highest BCUT2D eigenvalue weighted by molar-refractivity contribution is 6.33. The maximum absolute atomic E-state index is 10.9. The summed E-state index contributed by atoms with van der Waals surface area (Å²) in [5.41, 5.74) is -0.0463. The Morgan fingerprint density at radius 3 is 2.75 bits per heavy atom. The number of halogens is 1. The third-order valence-electron chi connectivity index (χ3n) is 2.35. The number of carboxylic acid groups (broad SMARTS) is 1. The lowest BCUT2D eigenvalue weighted by Crippen LogP contribution is -2.24. The Bertz CT molecular complexity index is 437. The van der Waals surface area contributed by atoms with Gasteiger partial charge in [0.15, 0.2) is 0 Å². The highest BCUT2D eigenvalue weighted by atomic mass is 35.5. The van der Waals surface area contributed by atoms with E-state index in [0.29, 0.717) is 19.0 Å². The summed E-state index contributed by atoms with van der Waals surface area (Å²) >= 11 is 5.73. The zero-order valence-electron chi connectivity index (χ0n) is 11.0. The van der Waals surface area contributed by atoms with Gasteiger partial charge in [-0.2, -0.15) is 0 Å². The molecular weight excluding hydrogens is 288 g/mol. The van der Waals surface area contributed by atoms with Crippen molar-refractivity contribution >= 4 is 17.6 Å². The Morgan fingerprint density at radius 2 is 2.10 bits per heavy atom. The van der Waals surface area contributed by atoms with Gasteiger partial charge in [-0.3, -0.25) is 0 Å².